The van der Waals surface area contributed by atoms with Crippen LogP contribution in [0.5, 0.6) is 5.75 Å². The van der Waals surface area contributed by atoms with Gasteiger partial charge in [0.2, 0.25) is 5.75 Å². The molecule has 0 aliphatic heterocycles. The Morgan fingerprint density at radius 2 is 1.53 bits per heavy atom. The molecule has 0 aliphatic carbocycles. The maximum Gasteiger partial charge on any atom is 0.311 e. The van der Waals surface area contributed by atoms with Gasteiger partial charge in [-0.1, -0.05) is 12.1 Å². The number of nitro groups is 2. The molecule has 2 rings (SSSR count). The largest absolute Gasteiger partial charge is 0.502 e. The highest BCUT2D eigenvalue weighted by Crippen LogP contribution is 2.36. The predicted molar refractivity (Wildman–Crippen MR) is 66.9 cm³/mol. The third-order valence-electron chi connectivity index (χ3n) is 2.60. The van der Waals surface area contributed by atoms with Crippen molar-refractivity contribution in [2.75, 3.05) is 0 Å². The van der Waals surface area contributed by atoms with Crippen LogP contribution >= 0.6 is 0 Å². The first-order chi connectivity index (χ1) is 9.00. The minimum Gasteiger partial charge on any atom is -0.502 e. The van der Waals surface area contributed by atoms with Crippen molar-refractivity contribution in [3.8, 4) is 16.9 Å². The molecule has 0 fully saturated rings. The molecule has 0 saturated heterocycles. The SMILES string of the molecule is O=[N+]([O-])c1ccc(-c2cccc([N+](=O)[O-])c2O)cc1. The molecule has 7 nitrogen and oxygen atoms in total. The summed E-state index contributed by atoms with van der Waals surface area (Å²) < 4.78 is 0. The molecule has 0 aromatic heterocycles. The lowest BCUT2D eigenvalue weighted by atomic mass is 10.0. The Hall–Kier alpha value is -2.96. The average molecular weight is 260 g/mol. The van der Waals surface area contributed by atoms with Gasteiger partial charge in [-0.05, 0) is 17.7 Å². The molecule has 0 heterocycles. The smallest absolute Gasteiger partial charge is 0.311 e. The van der Waals surface area contributed by atoms with Gasteiger partial charge in [0, 0.05) is 23.8 Å². The number of nitro benzene ring substituents is 2. The Labute approximate surface area is 107 Å². The van der Waals surface area contributed by atoms with Crippen LogP contribution in [0.3, 0.4) is 0 Å². The lowest BCUT2D eigenvalue weighted by Crippen LogP contribution is -1.91. The van der Waals surface area contributed by atoms with Crippen molar-refractivity contribution in [2.45, 2.75) is 0 Å². The van der Waals surface area contributed by atoms with E-state index in [1.54, 1.807) is 0 Å². The van der Waals surface area contributed by atoms with E-state index in [0.29, 0.717) is 5.56 Å². The lowest BCUT2D eigenvalue weighted by Gasteiger charge is -2.04. The van der Waals surface area contributed by atoms with E-state index in [2.05, 4.69) is 0 Å². The summed E-state index contributed by atoms with van der Waals surface area (Å²) in [6.07, 6.45) is 0. The van der Waals surface area contributed by atoms with Crippen LogP contribution in [0.25, 0.3) is 11.1 Å². The average Bonchev–Trinajstić information content (AvgIpc) is 2.38. The van der Waals surface area contributed by atoms with Gasteiger partial charge >= 0.3 is 5.69 Å². The molecule has 7 heteroatoms. The maximum absolute atomic E-state index is 10.7. The zero-order valence-electron chi connectivity index (χ0n) is 9.52. The number of non-ortho nitro benzene ring substituents is 1. The summed E-state index contributed by atoms with van der Waals surface area (Å²) >= 11 is 0. The number of nitrogens with zero attached hydrogens (tertiary/aromatic N) is 2. The zero-order chi connectivity index (χ0) is 14.0. The van der Waals surface area contributed by atoms with Crippen molar-refractivity contribution >= 4 is 11.4 Å². The Balaban J connectivity index is 2.50. The van der Waals surface area contributed by atoms with E-state index in [4.69, 9.17) is 0 Å². The molecular formula is C12H8N2O5. The minimum absolute atomic E-state index is 0.0892. The molecule has 0 aliphatic rings. The van der Waals surface area contributed by atoms with Crippen molar-refractivity contribution in [3.63, 3.8) is 0 Å². The first kappa shape index (κ1) is 12.5. The quantitative estimate of drug-likeness (QED) is 0.674. The topological polar surface area (TPSA) is 107 Å². The van der Waals surface area contributed by atoms with Gasteiger partial charge in [-0.25, -0.2) is 0 Å². The van der Waals surface area contributed by atoms with Crippen LogP contribution in [0.2, 0.25) is 0 Å². The number of aromatic hydroxyl groups is 1. The van der Waals surface area contributed by atoms with Gasteiger partial charge in [0.15, 0.2) is 0 Å². The monoisotopic (exact) mass is 260 g/mol. The predicted octanol–water partition coefficient (Wildman–Crippen LogP) is 2.88. The highest BCUT2D eigenvalue weighted by molar-refractivity contribution is 5.75. The highest BCUT2D eigenvalue weighted by Gasteiger charge is 2.17. The van der Waals surface area contributed by atoms with Crippen LogP contribution < -0.4 is 0 Å². The molecule has 1 N–H and O–H groups in total. The van der Waals surface area contributed by atoms with Gasteiger partial charge in [-0.2, -0.15) is 0 Å². The van der Waals surface area contributed by atoms with Crippen LogP contribution in [-0.2, 0) is 0 Å². The summed E-state index contributed by atoms with van der Waals surface area (Å²) in [5, 5.41) is 31.0. The Kier molecular flexibility index (Phi) is 3.11. The minimum atomic E-state index is -0.690. The first-order valence-corrected chi connectivity index (χ1v) is 5.22. The van der Waals surface area contributed by atoms with Gasteiger partial charge in [-0.3, -0.25) is 20.2 Å². The summed E-state index contributed by atoms with van der Waals surface area (Å²) in [7, 11) is 0. The van der Waals surface area contributed by atoms with Crippen molar-refractivity contribution in [1.29, 1.82) is 0 Å². The van der Waals surface area contributed by atoms with Gasteiger partial charge in [-0.15, -0.1) is 0 Å². The van der Waals surface area contributed by atoms with Gasteiger partial charge in [0.05, 0.1) is 9.85 Å². The van der Waals surface area contributed by atoms with E-state index >= 15 is 0 Å². The summed E-state index contributed by atoms with van der Waals surface area (Å²) in [6, 6.07) is 9.53. The van der Waals surface area contributed by atoms with Crippen LogP contribution in [0.4, 0.5) is 11.4 Å². The van der Waals surface area contributed by atoms with E-state index in [9.17, 15) is 25.3 Å². The zero-order valence-corrected chi connectivity index (χ0v) is 9.52. The third kappa shape index (κ3) is 2.34. The third-order valence-corrected chi connectivity index (χ3v) is 2.60. The first-order valence-electron chi connectivity index (χ1n) is 5.22. The highest BCUT2D eigenvalue weighted by atomic mass is 16.6. The second kappa shape index (κ2) is 4.73. The number of para-hydroxylation sites is 1. The Morgan fingerprint density at radius 1 is 0.895 bits per heavy atom. The van der Waals surface area contributed by atoms with E-state index in [1.807, 2.05) is 0 Å². The van der Waals surface area contributed by atoms with Crippen molar-refractivity contribution in [2.24, 2.45) is 0 Å². The molecule has 96 valence electrons. The second-order valence-electron chi connectivity index (χ2n) is 3.73. The van der Waals surface area contributed by atoms with Gasteiger partial charge in [0.25, 0.3) is 5.69 Å². The number of phenols is 1. The Bertz CT molecular complexity index is 652. The maximum atomic E-state index is 10.7. The molecule has 0 atom stereocenters. The van der Waals surface area contributed by atoms with Gasteiger partial charge < -0.3 is 5.11 Å². The van der Waals surface area contributed by atoms with Gasteiger partial charge in [0.1, 0.15) is 0 Å². The van der Waals surface area contributed by atoms with E-state index in [1.165, 1.54) is 42.5 Å². The van der Waals surface area contributed by atoms with E-state index < -0.39 is 21.3 Å². The number of rotatable bonds is 3. The van der Waals surface area contributed by atoms with E-state index in [-0.39, 0.29) is 11.3 Å². The molecule has 0 bridgehead atoms. The number of hydrogen-bond acceptors (Lipinski definition) is 5. The summed E-state index contributed by atoms with van der Waals surface area (Å²) in [5.74, 6) is -0.457. The lowest BCUT2D eigenvalue weighted by molar-refractivity contribution is -0.385. The van der Waals surface area contributed by atoms with Crippen molar-refractivity contribution in [3.05, 3.63) is 62.7 Å². The molecule has 0 spiro atoms. The molecule has 0 radical (unpaired) electrons. The van der Waals surface area contributed by atoms with Crippen molar-refractivity contribution < 1.29 is 15.0 Å². The number of phenolic OH excluding ortho intramolecular Hbond substituents is 1. The fraction of sp³-hybridized carbons (Fsp3) is 0. The van der Waals surface area contributed by atoms with Crippen LogP contribution in [-0.4, -0.2) is 15.0 Å². The van der Waals surface area contributed by atoms with E-state index in [0.717, 1.165) is 0 Å². The summed E-state index contributed by atoms with van der Waals surface area (Å²) in [6.45, 7) is 0. The molecule has 2 aromatic rings. The normalized spacial score (nSPS) is 10.1. The summed E-state index contributed by atoms with van der Waals surface area (Å²) in [5.41, 5.74) is 0.223. The fourth-order valence-corrected chi connectivity index (χ4v) is 1.67. The Morgan fingerprint density at radius 3 is 2.05 bits per heavy atom. The molecule has 2 aromatic carbocycles. The number of benzene rings is 2. The molecule has 0 saturated carbocycles. The van der Waals surface area contributed by atoms with Crippen molar-refractivity contribution in [1.82, 2.24) is 0 Å². The second-order valence-corrected chi connectivity index (χ2v) is 3.73. The molecule has 0 amide bonds. The number of hydrogen-bond donors (Lipinski definition) is 1. The van der Waals surface area contributed by atoms with Crippen LogP contribution in [0, 0.1) is 20.2 Å². The molecule has 0 unspecified atom stereocenters. The standard InChI is InChI=1S/C12H8N2O5/c15-12-10(2-1-3-11(12)14(18)19)8-4-6-9(7-5-8)13(16)17/h1-7,15H. The van der Waals surface area contributed by atoms with Crippen LogP contribution in [0.15, 0.2) is 42.5 Å². The fourth-order valence-electron chi connectivity index (χ4n) is 1.67. The molecular weight excluding hydrogens is 252 g/mol. The molecule has 19 heavy (non-hydrogen) atoms. The van der Waals surface area contributed by atoms with Crippen LogP contribution in [0.1, 0.15) is 0 Å². The summed E-state index contributed by atoms with van der Waals surface area (Å²) in [4.78, 5) is 20.0.